The zero-order valence-electron chi connectivity index (χ0n) is 9.85. The van der Waals surface area contributed by atoms with Crippen LogP contribution in [0, 0.1) is 12.8 Å². The first-order valence-corrected chi connectivity index (χ1v) is 5.97. The molecule has 1 nitrogen and oxygen atoms in total. The van der Waals surface area contributed by atoms with E-state index in [0.717, 1.165) is 18.8 Å². The minimum atomic E-state index is 0.312. The van der Waals surface area contributed by atoms with Crippen molar-refractivity contribution in [3.8, 4) is 0 Å². The predicted octanol–water partition coefficient (Wildman–Crippen LogP) is 4.17. The van der Waals surface area contributed by atoms with Crippen molar-refractivity contribution in [2.24, 2.45) is 5.92 Å². The highest BCUT2D eigenvalue weighted by Crippen LogP contribution is 2.11. The summed E-state index contributed by atoms with van der Waals surface area (Å²) in [4.78, 5) is 10.9. The fraction of sp³-hybridized carbons (Fsp3) is 0.846. The standard InChI is InChI=1S/C13H25O/c1-4-13(14)11-9-7-5-6-8-10-12(2)3/h12H,1,4-11H2,2-3H3. The molecule has 1 radical (unpaired) electrons. The number of unbranched alkanes of at least 4 members (excludes halogenated alkanes) is 4. The third-order valence-corrected chi connectivity index (χ3v) is 2.52. The van der Waals surface area contributed by atoms with Crippen molar-refractivity contribution in [2.75, 3.05) is 0 Å². The van der Waals surface area contributed by atoms with Crippen molar-refractivity contribution in [3.63, 3.8) is 0 Å². The minimum Gasteiger partial charge on any atom is -0.300 e. The van der Waals surface area contributed by atoms with Gasteiger partial charge in [-0.2, -0.15) is 0 Å². The fourth-order valence-electron chi connectivity index (χ4n) is 1.53. The van der Waals surface area contributed by atoms with E-state index in [4.69, 9.17) is 0 Å². The zero-order valence-corrected chi connectivity index (χ0v) is 9.85. The van der Waals surface area contributed by atoms with Gasteiger partial charge in [0.15, 0.2) is 0 Å². The molecular formula is C13H25O. The van der Waals surface area contributed by atoms with Crippen LogP contribution < -0.4 is 0 Å². The molecule has 0 rings (SSSR count). The molecule has 0 aliphatic rings. The second kappa shape index (κ2) is 9.23. The smallest absolute Gasteiger partial charge is 0.132 e. The summed E-state index contributed by atoms with van der Waals surface area (Å²) in [6.45, 7) is 8.13. The third kappa shape index (κ3) is 9.76. The number of rotatable bonds is 9. The Morgan fingerprint density at radius 1 is 1.07 bits per heavy atom. The van der Waals surface area contributed by atoms with Gasteiger partial charge in [0.05, 0.1) is 0 Å². The van der Waals surface area contributed by atoms with E-state index in [1.165, 1.54) is 32.1 Å². The number of ketones is 1. The van der Waals surface area contributed by atoms with Gasteiger partial charge in [0.25, 0.3) is 0 Å². The van der Waals surface area contributed by atoms with Gasteiger partial charge < -0.3 is 0 Å². The summed E-state index contributed by atoms with van der Waals surface area (Å²) in [5.41, 5.74) is 0. The van der Waals surface area contributed by atoms with Crippen molar-refractivity contribution in [1.82, 2.24) is 0 Å². The molecule has 0 saturated heterocycles. The number of carbonyl (C=O) groups is 1. The molecule has 0 amide bonds. The van der Waals surface area contributed by atoms with Crippen LogP contribution in [-0.4, -0.2) is 5.78 Å². The van der Waals surface area contributed by atoms with E-state index in [2.05, 4.69) is 20.8 Å². The molecule has 83 valence electrons. The van der Waals surface area contributed by atoms with Gasteiger partial charge in [-0.1, -0.05) is 46.0 Å². The predicted molar refractivity (Wildman–Crippen MR) is 62.1 cm³/mol. The van der Waals surface area contributed by atoms with Crippen molar-refractivity contribution in [1.29, 1.82) is 0 Å². The van der Waals surface area contributed by atoms with Gasteiger partial charge in [-0.25, -0.2) is 0 Å². The number of carbonyl (C=O) groups excluding carboxylic acids is 1. The molecule has 0 aliphatic carbocycles. The lowest BCUT2D eigenvalue weighted by Crippen LogP contribution is -1.94. The maximum absolute atomic E-state index is 10.9. The van der Waals surface area contributed by atoms with Crippen LogP contribution in [0.25, 0.3) is 0 Å². The van der Waals surface area contributed by atoms with Crippen LogP contribution in [0.4, 0.5) is 0 Å². The molecule has 0 aliphatic heterocycles. The van der Waals surface area contributed by atoms with Crippen LogP contribution in [0.3, 0.4) is 0 Å². The molecule has 0 heterocycles. The first-order valence-electron chi connectivity index (χ1n) is 5.97. The summed E-state index contributed by atoms with van der Waals surface area (Å²) in [5.74, 6) is 1.15. The monoisotopic (exact) mass is 197 g/mol. The van der Waals surface area contributed by atoms with Crippen LogP contribution in [0.5, 0.6) is 0 Å². The van der Waals surface area contributed by atoms with Gasteiger partial charge in [-0.05, 0) is 19.3 Å². The zero-order chi connectivity index (χ0) is 10.8. The number of hydrogen-bond acceptors (Lipinski definition) is 1. The molecule has 0 bridgehead atoms. The quantitative estimate of drug-likeness (QED) is 0.507. The molecule has 0 saturated carbocycles. The highest BCUT2D eigenvalue weighted by atomic mass is 16.1. The SMILES string of the molecule is [CH2]CC(=O)CCCCCCCC(C)C. The van der Waals surface area contributed by atoms with E-state index in [1.807, 2.05) is 0 Å². The van der Waals surface area contributed by atoms with Crippen LogP contribution in [-0.2, 0) is 4.79 Å². The summed E-state index contributed by atoms with van der Waals surface area (Å²) in [6, 6.07) is 0. The molecule has 0 unspecified atom stereocenters. The molecule has 0 N–H and O–H groups in total. The third-order valence-electron chi connectivity index (χ3n) is 2.52. The summed E-state index contributed by atoms with van der Waals surface area (Å²) in [6.07, 6.45) is 8.80. The Morgan fingerprint density at radius 3 is 2.21 bits per heavy atom. The maximum atomic E-state index is 10.9. The molecule has 0 aromatic heterocycles. The Labute approximate surface area is 89.3 Å². The molecular weight excluding hydrogens is 172 g/mol. The van der Waals surface area contributed by atoms with Crippen molar-refractivity contribution < 1.29 is 4.79 Å². The van der Waals surface area contributed by atoms with Crippen molar-refractivity contribution in [2.45, 2.75) is 65.2 Å². The normalized spacial score (nSPS) is 10.9. The highest BCUT2D eigenvalue weighted by Gasteiger charge is 1.98. The summed E-state index contributed by atoms with van der Waals surface area (Å²) < 4.78 is 0. The Balaban J connectivity index is 3.03. The maximum Gasteiger partial charge on any atom is 0.132 e. The topological polar surface area (TPSA) is 17.1 Å². The van der Waals surface area contributed by atoms with E-state index in [9.17, 15) is 4.79 Å². The second-order valence-corrected chi connectivity index (χ2v) is 4.49. The van der Waals surface area contributed by atoms with Crippen LogP contribution in [0.15, 0.2) is 0 Å². The molecule has 0 spiro atoms. The highest BCUT2D eigenvalue weighted by molar-refractivity contribution is 5.78. The van der Waals surface area contributed by atoms with E-state index in [1.54, 1.807) is 0 Å². The van der Waals surface area contributed by atoms with Gasteiger partial charge in [-0.15, -0.1) is 0 Å². The van der Waals surface area contributed by atoms with E-state index < -0.39 is 0 Å². The Morgan fingerprint density at radius 2 is 1.64 bits per heavy atom. The molecule has 1 heteroatoms. The van der Waals surface area contributed by atoms with Crippen LogP contribution in [0.1, 0.15) is 65.2 Å². The largest absolute Gasteiger partial charge is 0.300 e. The molecule has 0 aromatic carbocycles. The van der Waals surface area contributed by atoms with Gasteiger partial charge in [0.2, 0.25) is 0 Å². The average Bonchev–Trinajstić information content (AvgIpc) is 2.15. The van der Waals surface area contributed by atoms with E-state index in [-0.39, 0.29) is 0 Å². The van der Waals surface area contributed by atoms with E-state index >= 15 is 0 Å². The van der Waals surface area contributed by atoms with Gasteiger partial charge in [-0.3, -0.25) is 4.79 Å². The Kier molecular flexibility index (Phi) is 9.02. The van der Waals surface area contributed by atoms with Crippen LogP contribution >= 0.6 is 0 Å². The fourth-order valence-corrected chi connectivity index (χ4v) is 1.53. The minimum absolute atomic E-state index is 0.312. The molecule has 0 fully saturated rings. The Hall–Kier alpha value is -0.330. The lowest BCUT2D eigenvalue weighted by molar-refractivity contribution is -0.118. The molecule has 14 heavy (non-hydrogen) atoms. The van der Waals surface area contributed by atoms with Crippen molar-refractivity contribution >= 4 is 5.78 Å². The lowest BCUT2D eigenvalue weighted by atomic mass is 10.0. The number of hydrogen-bond donors (Lipinski definition) is 0. The molecule has 0 atom stereocenters. The summed E-state index contributed by atoms with van der Waals surface area (Å²) in [5, 5.41) is 0. The van der Waals surface area contributed by atoms with E-state index in [0.29, 0.717) is 12.2 Å². The summed E-state index contributed by atoms with van der Waals surface area (Å²) in [7, 11) is 0. The average molecular weight is 197 g/mol. The van der Waals surface area contributed by atoms with Gasteiger partial charge in [0, 0.05) is 12.8 Å². The first kappa shape index (κ1) is 13.7. The van der Waals surface area contributed by atoms with Gasteiger partial charge in [0.1, 0.15) is 5.78 Å². The summed E-state index contributed by atoms with van der Waals surface area (Å²) >= 11 is 0. The van der Waals surface area contributed by atoms with Crippen molar-refractivity contribution in [3.05, 3.63) is 6.92 Å². The van der Waals surface area contributed by atoms with Gasteiger partial charge >= 0.3 is 0 Å². The number of Topliss-reactive ketones (excluding diaryl/α,β-unsaturated/α-hetero) is 1. The molecule has 0 aromatic rings. The lowest BCUT2D eigenvalue weighted by Gasteiger charge is -2.03. The van der Waals surface area contributed by atoms with Crippen LogP contribution in [0.2, 0.25) is 0 Å². The second-order valence-electron chi connectivity index (χ2n) is 4.49. The first-order chi connectivity index (χ1) is 6.66. The Bertz CT molecular complexity index is 138.